The smallest absolute Gasteiger partial charge is 0.240 e. The highest BCUT2D eigenvalue weighted by Crippen LogP contribution is 2.49. The van der Waals surface area contributed by atoms with Crippen LogP contribution in [0, 0.1) is 5.41 Å². The lowest BCUT2D eigenvalue weighted by Crippen LogP contribution is -2.76. The molecule has 1 amide bonds. The number of carbonyl (C=O) groups is 1. The van der Waals surface area contributed by atoms with Gasteiger partial charge in [-0.1, -0.05) is 13.8 Å². The van der Waals surface area contributed by atoms with Crippen molar-refractivity contribution in [3.63, 3.8) is 0 Å². The van der Waals surface area contributed by atoms with Crippen molar-refractivity contribution < 1.29 is 9.53 Å². The molecule has 0 heterocycles. The number of hydrogen-bond donors (Lipinski definition) is 2. The normalized spacial score (nSPS) is 27.3. The Morgan fingerprint density at radius 1 is 1.32 bits per heavy atom. The first kappa shape index (κ1) is 19.4. The summed E-state index contributed by atoms with van der Waals surface area (Å²) in [6.07, 6.45) is 0.661. The molecule has 2 atom stereocenters. The standard InChI is InChI=1S/C17H35N3O2/c1-8-22-14-11-17(18,16(14,6)7)15(21)19-9-10-20(12(2)3)13(4)5/h12-14H,8-11,18H2,1-7H3,(H,19,21). The largest absolute Gasteiger partial charge is 0.378 e. The fourth-order valence-electron chi connectivity index (χ4n) is 3.39. The van der Waals surface area contributed by atoms with Gasteiger partial charge >= 0.3 is 0 Å². The van der Waals surface area contributed by atoms with E-state index in [4.69, 9.17) is 10.5 Å². The lowest BCUT2D eigenvalue weighted by atomic mass is 9.54. The van der Waals surface area contributed by atoms with Crippen LogP contribution in [0.1, 0.15) is 54.9 Å². The van der Waals surface area contributed by atoms with E-state index < -0.39 is 5.54 Å². The SMILES string of the molecule is CCOC1CC(N)(C(=O)NCCN(C(C)C)C(C)C)C1(C)C. The second kappa shape index (κ2) is 7.28. The van der Waals surface area contributed by atoms with Gasteiger partial charge in [0, 0.05) is 43.6 Å². The molecule has 1 saturated carbocycles. The summed E-state index contributed by atoms with van der Waals surface area (Å²) in [5.41, 5.74) is 5.22. The number of hydrogen-bond acceptors (Lipinski definition) is 4. The molecule has 0 radical (unpaired) electrons. The first-order chi connectivity index (χ1) is 10.1. The van der Waals surface area contributed by atoms with Crippen LogP contribution < -0.4 is 11.1 Å². The van der Waals surface area contributed by atoms with Gasteiger partial charge in [0.25, 0.3) is 0 Å². The molecule has 0 aromatic heterocycles. The molecule has 0 saturated heterocycles. The second-order valence-corrected chi connectivity index (χ2v) is 7.52. The Labute approximate surface area is 135 Å². The molecule has 1 aliphatic carbocycles. The Morgan fingerprint density at radius 3 is 2.27 bits per heavy atom. The monoisotopic (exact) mass is 313 g/mol. The van der Waals surface area contributed by atoms with Gasteiger partial charge in [0.1, 0.15) is 5.54 Å². The van der Waals surface area contributed by atoms with Gasteiger partial charge in [-0.2, -0.15) is 0 Å². The molecule has 130 valence electrons. The number of amides is 1. The van der Waals surface area contributed by atoms with Crippen molar-refractivity contribution in [1.29, 1.82) is 0 Å². The van der Waals surface area contributed by atoms with Crippen LogP contribution in [0.2, 0.25) is 0 Å². The molecule has 0 aromatic carbocycles. The summed E-state index contributed by atoms with van der Waals surface area (Å²) in [5.74, 6) is -0.0547. The number of ether oxygens (including phenoxy) is 1. The Kier molecular flexibility index (Phi) is 6.42. The van der Waals surface area contributed by atoms with Crippen LogP contribution >= 0.6 is 0 Å². The quantitative estimate of drug-likeness (QED) is 0.716. The molecule has 1 rings (SSSR count). The van der Waals surface area contributed by atoms with E-state index in [0.29, 0.717) is 31.7 Å². The molecule has 22 heavy (non-hydrogen) atoms. The van der Waals surface area contributed by atoms with Gasteiger partial charge in [0.2, 0.25) is 5.91 Å². The lowest BCUT2D eigenvalue weighted by Gasteiger charge is -2.57. The van der Waals surface area contributed by atoms with Crippen molar-refractivity contribution in [2.75, 3.05) is 19.7 Å². The predicted molar refractivity (Wildman–Crippen MR) is 90.7 cm³/mol. The molecule has 1 fully saturated rings. The van der Waals surface area contributed by atoms with E-state index in [2.05, 4.69) is 37.9 Å². The van der Waals surface area contributed by atoms with Crippen LogP contribution in [0.15, 0.2) is 0 Å². The van der Waals surface area contributed by atoms with Crippen molar-refractivity contribution in [2.45, 2.75) is 78.6 Å². The summed E-state index contributed by atoms with van der Waals surface area (Å²) in [7, 11) is 0. The molecule has 5 nitrogen and oxygen atoms in total. The molecular formula is C17H35N3O2. The van der Waals surface area contributed by atoms with Gasteiger partial charge in [0.05, 0.1) is 6.10 Å². The highest BCUT2D eigenvalue weighted by atomic mass is 16.5. The minimum Gasteiger partial charge on any atom is -0.378 e. The fraction of sp³-hybridized carbons (Fsp3) is 0.941. The van der Waals surface area contributed by atoms with E-state index in [-0.39, 0.29) is 17.4 Å². The summed E-state index contributed by atoms with van der Waals surface area (Å²) < 4.78 is 5.68. The maximum absolute atomic E-state index is 12.5. The van der Waals surface area contributed by atoms with E-state index in [0.717, 1.165) is 6.54 Å². The van der Waals surface area contributed by atoms with Crippen molar-refractivity contribution >= 4 is 5.91 Å². The maximum atomic E-state index is 12.5. The van der Waals surface area contributed by atoms with Crippen LogP contribution in [0.25, 0.3) is 0 Å². The molecular weight excluding hydrogens is 278 g/mol. The second-order valence-electron chi connectivity index (χ2n) is 7.52. The Hall–Kier alpha value is -0.650. The number of rotatable bonds is 8. The van der Waals surface area contributed by atoms with Gasteiger partial charge in [-0.3, -0.25) is 9.69 Å². The third kappa shape index (κ3) is 3.63. The maximum Gasteiger partial charge on any atom is 0.240 e. The van der Waals surface area contributed by atoms with E-state index in [1.807, 2.05) is 20.8 Å². The molecule has 0 aliphatic heterocycles. The third-order valence-corrected chi connectivity index (χ3v) is 5.22. The number of nitrogens with one attached hydrogen (secondary N) is 1. The average Bonchev–Trinajstić information content (AvgIpc) is 2.41. The summed E-state index contributed by atoms with van der Waals surface area (Å²) in [6.45, 7) is 16.8. The van der Waals surface area contributed by atoms with Crippen LogP contribution in [-0.4, -0.2) is 54.2 Å². The van der Waals surface area contributed by atoms with Crippen molar-refractivity contribution in [2.24, 2.45) is 11.1 Å². The topological polar surface area (TPSA) is 67.6 Å². The van der Waals surface area contributed by atoms with E-state index >= 15 is 0 Å². The molecule has 3 N–H and O–H groups in total. The lowest BCUT2D eigenvalue weighted by molar-refractivity contribution is -0.170. The van der Waals surface area contributed by atoms with Crippen LogP contribution in [-0.2, 0) is 9.53 Å². The minimum atomic E-state index is -0.826. The van der Waals surface area contributed by atoms with E-state index in [1.54, 1.807) is 0 Å². The minimum absolute atomic E-state index is 0.0547. The zero-order chi connectivity index (χ0) is 17.1. The molecule has 0 bridgehead atoms. The highest BCUT2D eigenvalue weighted by molar-refractivity contribution is 5.88. The summed E-state index contributed by atoms with van der Waals surface area (Å²) >= 11 is 0. The van der Waals surface area contributed by atoms with Gasteiger partial charge in [-0.05, 0) is 34.6 Å². The van der Waals surface area contributed by atoms with Gasteiger partial charge in [0.15, 0.2) is 0 Å². The molecule has 0 aromatic rings. The third-order valence-electron chi connectivity index (χ3n) is 5.22. The molecule has 2 unspecified atom stereocenters. The number of nitrogens with two attached hydrogens (primary N) is 1. The predicted octanol–water partition coefficient (Wildman–Crippen LogP) is 1.75. The Bertz CT molecular complexity index is 374. The number of nitrogens with zero attached hydrogens (tertiary/aromatic N) is 1. The first-order valence-electron chi connectivity index (χ1n) is 8.52. The first-order valence-corrected chi connectivity index (χ1v) is 8.52. The van der Waals surface area contributed by atoms with Crippen molar-refractivity contribution in [3.05, 3.63) is 0 Å². The van der Waals surface area contributed by atoms with Gasteiger partial charge < -0.3 is 15.8 Å². The van der Waals surface area contributed by atoms with E-state index in [1.165, 1.54) is 0 Å². The summed E-state index contributed by atoms with van der Waals surface area (Å²) in [6, 6.07) is 0.928. The van der Waals surface area contributed by atoms with Crippen LogP contribution in [0.3, 0.4) is 0 Å². The summed E-state index contributed by atoms with van der Waals surface area (Å²) in [5, 5.41) is 3.02. The number of carbonyl (C=O) groups excluding carboxylic acids is 1. The van der Waals surface area contributed by atoms with Gasteiger partial charge in [-0.25, -0.2) is 0 Å². The molecule has 5 heteroatoms. The fourth-order valence-corrected chi connectivity index (χ4v) is 3.39. The van der Waals surface area contributed by atoms with Crippen molar-refractivity contribution in [1.82, 2.24) is 10.2 Å². The van der Waals surface area contributed by atoms with E-state index in [9.17, 15) is 4.79 Å². The van der Waals surface area contributed by atoms with Gasteiger partial charge in [-0.15, -0.1) is 0 Å². The zero-order valence-corrected chi connectivity index (χ0v) is 15.4. The zero-order valence-electron chi connectivity index (χ0n) is 15.4. The van der Waals surface area contributed by atoms with Crippen LogP contribution in [0.5, 0.6) is 0 Å². The molecule has 1 aliphatic rings. The van der Waals surface area contributed by atoms with Crippen molar-refractivity contribution in [3.8, 4) is 0 Å². The Balaban J connectivity index is 2.53. The summed E-state index contributed by atoms with van der Waals surface area (Å²) in [4.78, 5) is 14.9. The van der Waals surface area contributed by atoms with Crippen LogP contribution in [0.4, 0.5) is 0 Å². The Morgan fingerprint density at radius 2 is 1.86 bits per heavy atom. The molecule has 0 spiro atoms. The average molecular weight is 313 g/mol. The highest BCUT2D eigenvalue weighted by Gasteiger charge is 2.62.